The fourth-order valence-corrected chi connectivity index (χ4v) is 2.81. The number of hydrogen-bond acceptors (Lipinski definition) is 3. The van der Waals surface area contributed by atoms with Gasteiger partial charge in [0.25, 0.3) is 0 Å². The smallest absolute Gasteiger partial charge is 0.191 e. The van der Waals surface area contributed by atoms with E-state index < -0.39 is 0 Å². The van der Waals surface area contributed by atoms with Crippen LogP contribution < -0.4 is 0 Å². The molecule has 1 aliphatic rings. The molecule has 0 aliphatic carbocycles. The van der Waals surface area contributed by atoms with Crippen LogP contribution in [0.3, 0.4) is 0 Å². The van der Waals surface area contributed by atoms with Crippen molar-refractivity contribution >= 4 is 23.4 Å². The Morgan fingerprint density at radius 3 is 2.81 bits per heavy atom. The van der Waals surface area contributed by atoms with Gasteiger partial charge in [-0.3, -0.25) is 0 Å². The van der Waals surface area contributed by atoms with Gasteiger partial charge < -0.3 is 4.57 Å². The molecule has 2 heterocycles. The predicted molar refractivity (Wildman–Crippen MR) is 65.8 cm³/mol. The van der Waals surface area contributed by atoms with Crippen LogP contribution in [-0.2, 0) is 6.54 Å². The summed E-state index contributed by atoms with van der Waals surface area (Å²) in [5, 5.41) is 10.2. The van der Waals surface area contributed by atoms with Gasteiger partial charge in [-0.15, -0.1) is 10.2 Å². The van der Waals surface area contributed by atoms with E-state index in [1.54, 1.807) is 11.8 Å². The van der Waals surface area contributed by atoms with Crippen LogP contribution in [0.5, 0.6) is 0 Å². The Hall–Kier alpha value is -1.00. The summed E-state index contributed by atoms with van der Waals surface area (Å²) >= 11 is 7.64. The van der Waals surface area contributed by atoms with Gasteiger partial charge in [-0.25, -0.2) is 0 Å². The topological polar surface area (TPSA) is 30.7 Å². The van der Waals surface area contributed by atoms with Gasteiger partial charge in [-0.2, -0.15) is 0 Å². The summed E-state index contributed by atoms with van der Waals surface area (Å²) in [4.78, 5) is 0. The van der Waals surface area contributed by atoms with Crippen LogP contribution in [0.2, 0.25) is 5.02 Å². The molecule has 0 bridgehead atoms. The summed E-state index contributed by atoms with van der Waals surface area (Å²) in [5.41, 5.74) is 1.07. The summed E-state index contributed by atoms with van der Waals surface area (Å²) in [6.07, 6.45) is 1.18. The molecular weight excluding hydrogens is 242 g/mol. The largest absolute Gasteiger partial charge is 0.302 e. The molecule has 1 aliphatic heterocycles. The number of rotatable bonds is 1. The Morgan fingerprint density at radius 2 is 2.00 bits per heavy atom. The number of thioether (sulfide) groups is 1. The van der Waals surface area contributed by atoms with Gasteiger partial charge in [0.05, 0.1) is 0 Å². The maximum absolute atomic E-state index is 5.87. The highest BCUT2D eigenvalue weighted by Gasteiger charge is 2.17. The average Bonchev–Trinajstić information content (AvgIpc) is 2.74. The predicted octanol–water partition coefficient (Wildman–Crippen LogP) is 3.09. The molecule has 0 radical (unpaired) electrons. The molecule has 1 aromatic carbocycles. The van der Waals surface area contributed by atoms with Crippen molar-refractivity contribution in [3.63, 3.8) is 0 Å². The number of benzene rings is 1. The van der Waals surface area contributed by atoms with Crippen LogP contribution in [0.15, 0.2) is 29.4 Å². The minimum absolute atomic E-state index is 0.747. The standard InChI is InChI=1S/C11H10ClN3S/c12-9-4-2-8(3-5-9)10-13-14-11-15(10)6-1-7-16-11/h2-5H,1,6-7H2. The molecular formula is C11H10ClN3S. The molecule has 0 amide bonds. The van der Waals surface area contributed by atoms with Crippen LogP contribution in [0.1, 0.15) is 6.42 Å². The molecule has 0 fully saturated rings. The van der Waals surface area contributed by atoms with E-state index in [1.165, 1.54) is 6.42 Å². The quantitative estimate of drug-likeness (QED) is 0.780. The minimum atomic E-state index is 0.747. The Bertz CT molecular complexity index is 506. The molecule has 2 aromatic rings. The first kappa shape index (κ1) is 10.2. The second-order valence-electron chi connectivity index (χ2n) is 3.67. The lowest BCUT2D eigenvalue weighted by Crippen LogP contribution is -2.08. The van der Waals surface area contributed by atoms with Crippen molar-refractivity contribution in [1.82, 2.24) is 14.8 Å². The van der Waals surface area contributed by atoms with Crippen molar-refractivity contribution < 1.29 is 0 Å². The lowest BCUT2D eigenvalue weighted by Gasteiger charge is -2.13. The van der Waals surface area contributed by atoms with Gasteiger partial charge in [-0.1, -0.05) is 23.4 Å². The van der Waals surface area contributed by atoms with Crippen molar-refractivity contribution in [2.75, 3.05) is 5.75 Å². The molecule has 0 unspecified atom stereocenters. The SMILES string of the molecule is Clc1ccc(-c2nnc3n2CCCS3)cc1. The first-order chi connectivity index (χ1) is 7.84. The summed E-state index contributed by atoms with van der Waals surface area (Å²) in [6.45, 7) is 1.01. The first-order valence-electron chi connectivity index (χ1n) is 5.16. The van der Waals surface area contributed by atoms with Crippen LogP contribution >= 0.6 is 23.4 Å². The zero-order valence-electron chi connectivity index (χ0n) is 8.56. The van der Waals surface area contributed by atoms with E-state index in [0.29, 0.717) is 0 Å². The maximum atomic E-state index is 5.87. The molecule has 0 saturated carbocycles. The third kappa shape index (κ3) is 1.72. The molecule has 0 saturated heterocycles. The summed E-state index contributed by atoms with van der Waals surface area (Å²) in [6, 6.07) is 7.74. The number of nitrogens with zero attached hydrogens (tertiary/aromatic N) is 3. The Labute approximate surface area is 103 Å². The highest BCUT2D eigenvalue weighted by molar-refractivity contribution is 7.99. The van der Waals surface area contributed by atoms with Crippen molar-refractivity contribution in [2.45, 2.75) is 18.1 Å². The van der Waals surface area contributed by atoms with E-state index in [9.17, 15) is 0 Å². The lowest BCUT2D eigenvalue weighted by atomic mass is 10.2. The first-order valence-corrected chi connectivity index (χ1v) is 6.53. The van der Waals surface area contributed by atoms with E-state index in [1.807, 2.05) is 24.3 Å². The Morgan fingerprint density at radius 1 is 1.19 bits per heavy atom. The summed E-state index contributed by atoms with van der Waals surface area (Å²) in [5.74, 6) is 2.08. The third-order valence-corrected chi connectivity index (χ3v) is 3.88. The zero-order valence-corrected chi connectivity index (χ0v) is 10.1. The monoisotopic (exact) mass is 251 g/mol. The molecule has 0 atom stereocenters. The van der Waals surface area contributed by atoms with Crippen molar-refractivity contribution in [1.29, 1.82) is 0 Å². The molecule has 1 aromatic heterocycles. The maximum Gasteiger partial charge on any atom is 0.191 e. The van der Waals surface area contributed by atoms with Crippen LogP contribution in [-0.4, -0.2) is 20.5 Å². The van der Waals surface area contributed by atoms with E-state index >= 15 is 0 Å². The van der Waals surface area contributed by atoms with Crippen molar-refractivity contribution in [2.24, 2.45) is 0 Å². The van der Waals surface area contributed by atoms with Gasteiger partial charge in [0.2, 0.25) is 0 Å². The molecule has 3 nitrogen and oxygen atoms in total. The van der Waals surface area contributed by atoms with Gasteiger partial charge in [0, 0.05) is 22.9 Å². The van der Waals surface area contributed by atoms with Crippen molar-refractivity contribution in [3.05, 3.63) is 29.3 Å². The van der Waals surface area contributed by atoms with Crippen LogP contribution in [0.4, 0.5) is 0 Å². The fourth-order valence-electron chi connectivity index (χ4n) is 1.80. The molecule has 16 heavy (non-hydrogen) atoms. The van der Waals surface area contributed by atoms with E-state index in [2.05, 4.69) is 14.8 Å². The molecule has 0 spiro atoms. The molecule has 82 valence electrons. The number of aromatic nitrogens is 3. The highest BCUT2D eigenvalue weighted by atomic mass is 35.5. The lowest BCUT2D eigenvalue weighted by molar-refractivity contribution is 0.612. The average molecular weight is 252 g/mol. The van der Waals surface area contributed by atoms with Crippen LogP contribution in [0.25, 0.3) is 11.4 Å². The second kappa shape index (κ2) is 4.11. The Kier molecular flexibility index (Phi) is 2.61. The number of halogens is 1. The zero-order chi connectivity index (χ0) is 11.0. The Balaban J connectivity index is 2.06. The number of fused-ring (bicyclic) bond motifs is 1. The van der Waals surface area contributed by atoms with Crippen molar-refractivity contribution in [3.8, 4) is 11.4 Å². The minimum Gasteiger partial charge on any atom is -0.302 e. The molecule has 3 rings (SSSR count). The van der Waals surface area contributed by atoms with Gasteiger partial charge >= 0.3 is 0 Å². The van der Waals surface area contributed by atoms with Gasteiger partial charge in [0.15, 0.2) is 11.0 Å². The van der Waals surface area contributed by atoms with Gasteiger partial charge in [0.1, 0.15) is 0 Å². The molecule has 0 N–H and O–H groups in total. The summed E-state index contributed by atoms with van der Waals surface area (Å²) in [7, 11) is 0. The van der Waals surface area contributed by atoms with E-state index in [-0.39, 0.29) is 0 Å². The second-order valence-corrected chi connectivity index (χ2v) is 5.17. The highest BCUT2D eigenvalue weighted by Crippen LogP contribution is 2.28. The number of hydrogen-bond donors (Lipinski definition) is 0. The fraction of sp³-hybridized carbons (Fsp3) is 0.273. The summed E-state index contributed by atoms with van der Waals surface area (Å²) < 4.78 is 2.18. The van der Waals surface area contributed by atoms with Crippen LogP contribution in [0, 0.1) is 0 Å². The normalized spacial score (nSPS) is 14.8. The molecule has 5 heteroatoms. The van der Waals surface area contributed by atoms with E-state index in [4.69, 9.17) is 11.6 Å². The van der Waals surface area contributed by atoms with Gasteiger partial charge in [-0.05, 0) is 30.7 Å². The third-order valence-electron chi connectivity index (χ3n) is 2.58. The van der Waals surface area contributed by atoms with E-state index in [0.717, 1.165) is 33.9 Å².